The van der Waals surface area contributed by atoms with Crippen molar-refractivity contribution in [1.29, 1.82) is 0 Å². The molecule has 0 saturated carbocycles. The van der Waals surface area contributed by atoms with Crippen LogP contribution in [-0.4, -0.2) is 13.7 Å². The summed E-state index contributed by atoms with van der Waals surface area (Å²) in [4.78, 5) is 5.10. The van der Waals surface area contributed by atoms with E-state index in [1.807, 2.05) is 7.05 Å². The Morgan fingerprint density at radius 1 is 0.818 bits per heavy atom. The Bertz CT molecular complexity index is 370. The summed E-state index contributed by atoms with van der Waals surface area (Å²) < 4.78 is 1.26. The minimum Gasteiger partial charge on any atom is -0.302 e. The van der Waals surface area contributed by atoms with Gasteiger partial charge in [0.1, 0.15) is 0 Å². The molecule has 0 heterocycles. The number of hydroxylamine groups is 1. The van der Waals surface area contributed by atoms with Crippen LogP contribution in [0, 0.1) is 0 Å². The number of unbranched alkanes of at least 4 members (excludes halogenated alkanes) is 9. The van der Waals surface area contributed by atoms with Crippen molar-refractivity contribution in [3.05, 3.63) is 34.3 Å². The van der Waals surface area contributed by atoms with E-state index in [0.29, 0.717) is 0 Å². The molecule has 1 aromatic carbocycles. The molecule has 22 heavy (non-hydrogen) atoms. The normalized spacial score (nSPS) is 11.0. The Morgan fingerprint density at radius 2 is 1.36 bits per heavy atom. The Kier molecular flexibility index (Phi) is 12.7. The molecule has 0 aliphatic rings. The molecule has 0 bridgehead atoms. The molecule has 0 aliphatic heterocycles. The van der Waals surface area contributed by atoms with Crippen LogP contribution in [0.15, 0.2) is 28.7 Å². The van der Waals surface area contributed by atoms with Crippen molar-refractivity contribution in [2.24, 2.45) is 0 Å². The first-order chi connectivity index (χ1) is 10.8. The topological polar surface area (TPSA) is 21.3 Å². The maximum Gasteiger partial charge on any atom is 0.0682 e. The monoisotopic (exact) mass is 369 g/mol. The Hall–Kier alpha value is -0.380. The van der Waals surface area contributed by atoms with Gasteiger partial charge < -0.3 is 4.84 Å². The fraction of sp³-hybridized carbons (Fsp3) is 0.684. The van der Waals surface area contributed by atoms with Gasteiger partial charge in [0.25, 0.3) is 0 Å². The zero-order valence-electron chi connectivity index (χ0n) is 14.1. The second kappa shape index (κ2) is 14.2. The van der Waals surface area contributed by atoms with Crippen LogP contribution < -0.4 is 5.48 Å². The largest absolute Gasteiger partial charge is 0.302 e. The molecule has 126 valence electrons. The third kappa shape index (κ3) is 10.4. The van der Waals surface area contributed by atoms with Crippen molar-refractivity contribution in [3.8, 4) is 0 Å². The minimum atomic E-state index is 0.841. The fourth-order valence-electron chi connectivity index (χ4n) is 2.71. The van der Waals surface area contributed by atoms with E-state index in [1.54, 1.807) is 0 Å². The van der Waals surface area contributed by atoms with Crippen LogP contribution in [0.1, 0.15) is 69.8 Å². The van der Waals surface area contributed by atoms with Crippen LogP contribution in [0.25, 0.3) is 0 Å². The molecular weight excluding hydrogens is 338 g/mol. The molecule has 1 N–H and O–H groups in total. The number of halogens is 1. The molecule has 3 heteroatoms. The Labute approximate surface area is 145 Å². The molecule has 1 rings (SSSR count). The summed E-state index contributed by atoms with van der Waals surface area (Å²) in [6, 6.07) is 8.58. The number of benzene rings is 1. The average Bonchev–Trinajstić information content (AvgIpc) is 2.53. The van der Waals surface area contributed by atoms with Crippen molar-refractivity contribution in [2.45, 2.75) is 70.6 Å². The van der Waals surface area contributed by atoms with Gasteiger partial charge in [-0.2, -0.15) is 0 Å². The molecule has 2 nitrogen and oxygen atoms in total. The van der Waals surface area contributed by atoms with Gasteiger partial charge >= 0.3 is 0 Å². The fourth-order valence-corrected chi connectivity index (χ4v) is 3.19. The number of hydrogen-bond acceptors (Lipinski definition) is 2. The number of aryl methyl sites for hydroxylation is 1. The lowest BCUT2D eigenvalue weighted by atomic mass is 10.0. The van der Waals surface area contributed by atoms with Crippen molar-refractivity contribution in [2.75, 3.05) is 13.7 Å². The highest BCUT2D eigenvalue weighted by Crippen LogP contribution is 2.19. The average molecular weight is 370 g/mol. The van der Waals surface area contributed by atoms with E-state index in [2.05, 4.69) is 45.7 Å². The van der Waals surface area contributed by atoms with Crippen LogP contribution in [0.3, 0.4) is 0 Å². The number of hydrogen-bond donors (Lipinski definition) is 1. The molecule has 0 fully saturated rings. The van der Waals surface area contributed by atoms with Gasteiger partial charge in [-0.1, -0.05) is 85.5 Å². The van der Waals surface area contributed by atoms with E-state index in [1.165, 1.54) is 80.7 Å². The first-order valence-electron chi connectivity index (χ1n) is 8.86. The Balaban J connectivity index is 1.81. The van der Waals surface area contributed by atoms with E-state index in [4.69, 9.17) is 4.84 Å². The van der Waals surface area contributed by atoms with Crippen LogP contribution in [0.2, 0.25) is 0 Å². The van der Waals surface area contributed by atoms with Gasteiger partial charge in [-0.3, -0.25) is 0 Å². The summed E-state index contributed by atoms with van der Waals surface area (Å²) in [5.74, 6) is 0. The highest BCUT2D eigenvalue weighted by molar-refractivity contribution is 9.10. The van der Waals surface area contributed by atoms with Crippen molar-refractivity contribution < 1.29 is 4.84 Å². The van der Waals surface area contributed by atoms with Gasteiger partial charge in [0.15, 0.2) is 0 Å². The Morgan fingerprint density at radius 3 is 1.95 bits per heavy atom. The van der Waals surface area contributed by atoms with E-state index in [0.717, 1.165) is 6.61 Å². The van der Waals surface area contributed by atoms with E-state index < -0.39 is 0 Å². The zero-order chi connectivity index (χ0) is 15.9. The molecule has 0 unspecified atom stereocenters. The molecule has 0 spiro atoms. The third-order valence-electron chi connectivity index (χ3n) is 4.04. The molecule has 0 amide bonds. The van der Waals surface area contributed by atoms with Crippen LogP contribution >= 0.6 is 15.9 Å². The molecule has 0 atom stereocenters. The van der Waals surface area contributed by atoms with Gasteiger partial charge in [0.2, 0.25) is 0 Å². The minimum absolute atomic E-state index is 0.841. The van der Waals surface area contributed by atoms with Crippen molar-refractivity contribution in [3.63, 3.8) is 0 Å². The highest BCUT2D eigenvalue weighted by Gasteiger charge is 1.98. The summed E-state index contributed by atoms with van der Waals surface area (Å²) in [7, 11) is 1.82. The lowest BCUT2D eigenvalue weighted by Crippen LogP contribution is -2.07. The standard InChI is InChI=1S/C19H32BrNO/c1-21-22-17-13-9-7-5-3-2-4-6-8-10-14-18-15-11-12-16-19(18)20/h11-12,15-16,21H,2-10,13-14,17H2,1H3. The lowest BCUT2D eigenvalue weighted by molar-refractivity contribution is 0.0550. The summed E-state index contributed by atoms with van der Waals surface area (Å²) in [5, 5.41) is 0. The van der Waals surface area contributed by atoms with Gasteiger partial charge in [-0.05, 0) is 30.9 Å². The summed E-state index contributed by atoms with van der Waals surface area (Å²) in [6.45, 7) is 0.841. The summed E-state index contributed by atoms with van der Waals surface area (Å²) in [5.41, 5.74) is 4.16. The van der Waals surface area contributed by atoms with E-state index in [-0.39, 0.29) is 0 Å². The van der Waals surface area contributed by atoms with Crippen LogP contribution in [0.4, 0.5) is 0 Å². The maximum atomic E-state index is 5.10. The summed E-state index contributed by atoms with van der Waals surface area (Å²) >= 11 is 3.62. The van der Waals surface area contributed by atoms with Gasteiger partial charge in [0, 0.05) is 11.5 Å². The first kappa shape index (κ1) is 19.7. The van der Waals surface area contributed by atoms with Gasteiger partial charge in [-0.15, -0.1) is 0 Å². The SMILES string of the molecule is CNOCCCCCCCCCCCCc1ccccc1Br. The van der Waals surface area contributed by atoms with E-state index >= 15 is 0 Å². The predicted octanol–water partition coefficient (Wildman–Crippen LogP) is 6.04. The highest BCUT2D eigenvalue weighted by atomic mass is 79.9. The van der Waals surface area contributed by atoms with E-state index in [9.17, 15) is 0 Å². The maximum absolute atomic E-state index is 5.10. The predicted molar refractivity (Wildman–Crippen MR) is 99.0 cm³/mol. The lowest BCUT2D eigenvalue weighted by Gasteiger charge is -2.05. The second-order valence-electron chi connectivity index (χ2n) is 5.93. The number of nitrogens with one attached hydrogen (secondary N) is 1. The van der Waals surface area contributed by atoms with Gasteiger partial charge in [0.05, 0.1) is 6.61 Å². The first-order valence-corrected chi connectivity index (χ1v) is 9.66. The molecule has 0 saturated heterocycles. The number of rotatable bonds is 14. The molecule has 0 aromatic heterocycles. The quantitative estimate of drug-likeness (QED) is 0.318. The third-order valence-corrected chi connectivity index (χ3v) is 4.82. The summed E-state index contributed by atoms with van der Waals surface area (Å²) in [6.07, 6.45) is 14.7. The molecule has 0 radical (unpaired) electrons. The molecule has 1 aromatic rings. The second-order valence-corrected chi connectivity index (χ2v) is 6.78. The molecular formula is C19H32BrNO. The zero-order valence-corrected chi connectivity index (χ0v) is 15.7. The van der Waals surface area contributed by atoms with Crippen molar-refractivity contribution >= 4 is 15.9 Å². The van der Waals surface area contributed by atoms with Crippen LogP contribution in [0.5, 0.6) is 0 Å². The smallest absolute Gasteiger partial charge is 0.0682 e. The van der Waals surface area contributed by atoms with Crippen molar-refractivity contribution in [1.82, 2.24) is 5.48 Å². The van der Waals surface area contributed by atoms with Crippen LogP contribution in [-0.2, 0) is 11.3 Å². The van der Waals surface area contributed by atoms with Gasteiger partial charge in [-0.25, -0.2) is 5.48 Å². The molecule has 0 aliphatic carbocycles.